The Morgan fingerprint density at radius 2 is 1.86 bits per heavy atom. The minimum atomic E-state index is -4.62. The molecule has 2 rings (SSSR count). The van der Waals surface area contributed by atoms with Crippen LogP contribution in [-0.2, 0) is 0 Å². The Kier molecular flexibility index (Phi) is 5.45. The summed E-state index contributed by atoms with van der Waals surface area (Å²) in [4.78, 5) is 0. The highest BCUT2D eigenvalue weighted by atomic mass is 19.4. The van der Waals surface area contributed by atoms with Gasteiger partial charge in [-0.3, -0.25) is 4.39 Å². The summed E-state index contributed by atoms with van der Waals surface area (Å²) >= 11 is 0. The van der Waals surface area contributed by atoms with Gasteiger partial charge in [-0.2, -0.15) is 13.2 Å². The minimum Gasteiger partial charge on any atom is -0.251 e. The Morgan fingerprint density at radius 1 is 1.18 bits per heavy atom. The van der Waals surface area contributed by atoms with Crippen molar-refractivity contribution < 1.29 is 22.0 Å². The zero-order chi connectivity index (χ0) is 16.2. The smallest absolute Gasteiger partial charge is 0.251 e. The highest BCUT2D eigenvalue weighted by molar-refractivity contribution is 5.27. The predicted octanol–water partition coefficient (Wildman–Crippen LogP) is 6.07. The Bertz CT molecular complexity index is 452. The first kappa shape index (κ1) is 17.2. The van der Waals surface area contributed by atoms with Crippen LogP contribution in [0.15, 0.2) is 36.2 Å². The molecule has 0 aliphatic heterocycles. The summed E-state index contributed by atoms with van der Waals surface area (Å²) in [6.07, 6.45) is 4.87. The second-order valence-corrected chi connectivity index (χ2v) is 6.07. The lowest BCUT2D eigenvalue weighted by atomic mass is 9.64. The van der Waals surface area contributed by atoms with E-state index in [0.717, 1.165) is 12.2 Å². The van der Waals surface area contributed by atoms with Crippen molar-refractivity contribution in [2.75, 3.05) is 6.67 Å². The standard InChI is InChI=1S/C17H21F5/c18-12-4-2-5-13-7-9-14(10-8-13)16(17(20,21)22)11-3-1-6-15(16)19/h2-3,5-6,11,13-14H,1,4,7-10,12H2/b5-2+/t13-,14-,16?. The zero-order valence-electron chi connectivity index (χ0n) is 12.4. The number of allylic oxidation sites excluding steroid dienone is 6. The van der Waals surface area contributed by atoms with E-state index in [2.05, 4.69) is 0 Å². The average Bonchev–Trinajstić information content (AvgIpc) is 2.48. The van der Waals surface area contributed by atoms with Crippen LogP contribution in [0.2, 0.25) is 0 Å². The molecule has 0 radical (unpaired) electrons. The van der Waals surface area contributed by atoms with Gasteiger partial charge in [0.25, 0.3) is 0 Å². The quantitative estimate of drug-likeness (QED) is 0.435. The van der Waals surface area contributed by atoms with Gasteiger partial charge in [0.2, 0.25) is 0 Å². The van der Waals surface area contributed by atoms with Gasteiger partial charge in [0, 0.05) is 0 Å². The number of halogens is 5. The topological polar surface area (TPSA) is 0 Å². The van der Waals surface area contributed by atoms with Crippen molar-refractivity contribution >= 4 is 0 Å². The van der Waals surface area contributed by atoms with Crippen LogP contribution in [-0.4, -0.2) is 12.9 Å². The first-order valence-electron chi connectivity index (χ1n) is 7.75. The van der Waals surface area contributed by atoms with Crippen LogP contribution in [0.3, 0.4) is 0 Å². The van der Waals surface area contributed by atoms with E-state index in [1.54, 1.807) is 6.08 Å². The van der Waals surface area contributed by atoms with Crippen LogP contribution < -0.4 is 0 Å². The monoisotopic (exact) mass is 320 g/mol. The lowest BCUT2D eigenvalue weighted by Gasteiger charge is -2.43. The fourth-order valence-electron chi connectivity index (χ4n) is 3.59. The molecule has 22 heavy (non-hydrogen) atoms. The fourth-order valence-corrected chi connectivity index (χ4v) is 3.59. The van der Waals surface area contributed by atoms with Crippen molar-refractivity contribution in [3.05, 3.63) is 36.2 Å². The van der Waals surface area contributed by atoms with Gasteiger partial charge in [-0.1, -0.05) is 24.3 Å². The van der Waals surface area contributed by atoms with Gasteiger partial charge in [0.1, 0.15) is 11.2 Å². The largest absolute Gasteiger partial charge is 0.404 e. The first-order valence-corrected chi connectivity index (χ1v) is 7.75. The molecule has 0 saturated heterocycles. The maximum Gasteiger partial charge on any atom is 0.404 e. The summed E-state index contributed by atoms with van der Waals surface area (Å²) in [7, 11) is 0. The Hall–Kier alpha value is -1.13. The van der Waals surface area contributed by atoms with E-state index in [1.807, 2.05) is 6.08 Å². The van der Waals surface area contributed by atoms with E-state index in [9.17, 15) is 22.0 Å². The summed E-state index contributed by atoms with van der Waals surface area (Å²) in [5.74, 6) is -1.64. The van der Waals surface area contributed by atoms with Crippen LogP contribution in [0.4, 0.5) is 22.0 Å². The molecule has 0 nitrogen and oxygen atoms in total. The molecule has 2 aliphatic carbocycles. The molecule has 1 fully saturated rings. The summed E-state index contributed by atoms with van der Waals surface area (Å²) in [6, 6.07) is 0. The van der Waals surface area contributed by atoms with Crippen molar-refractivity contribution in [3.8, 4) is 0 Å². The molecule has 1 atom stereocenters. The van der Waals surface area contributed by atoms with Crippen molar-refractivity contribution in [2.45, 2.75) is 44.7 Å². The van der Waals surface area contributed by atoms with E-state index in [-0.39, 0.29) is 12.3 Å². The highest BCUT2D eigenvalue weighted by Crippen LogP contribution is 2.57. The third-order valence-electron chi connectivity index (χ3n) is 4.78. The second-order valence-electron chi connectivity index (χ2n) is 6.07. The molecule has 0 N–H and O–H groups in total. The van der Waals surface area contributed by atoms with Crippen LogP contribution in [0.5, 0.6) is 0 Å². The molecule has 0 aromatic heterocycles. The Morgan fingerprint density at radius 3 is 2.41 bits per heavy atom. The normalized spacial score (nSPS) is 33.2. The molecular weight excluding hydrogens is 299 g/mol. The van der Waals surface area contributed by atoms with E-state index < -0.39 is 30.0 Å². The van der Waals surface area contributed by atoms with Gasteiger partial charge in [0.05, 0.1) is 6.67 Å². The number of rotatable bonds is 4. The van der Waals surface area contributed by atoms with Crippen LogP contribution in [0.1, 0.15) is 38.5 Å². The first-order chi connectivity index (χ1) is 10.4. The SMILES string of the molecule is FCC/C=C/[C@H]1CC[C@H](C2(C(F)(F)F)C=CCC=C2F)CC1. The summed E-state index contributed by atoms with van der Waals surface area (Å²) in [6.45, 7) is -0.427. The Balaban J connectivity index is 2.11. The van der Waals surface area contributed by atoms with Crippen molar-refractivity contribution in [1.82, 2.24) is 0 Å². The van der Waals surface area contributed by atoms with E-state index in [4.69, 9.17) is 0 Å². The zero-order valence-corrected chi connectivity index (χ0v) is 12.4. The molecule has 0 amide bonds. The van der Waals surface area contributed by atoms with Gasteiger partial charge in [-0.25, -0.2) is 4.39 Å². The molecular formula is C17H21F5. The maximum absolute atomic E-state index is 14.2. The third kappa shape index (κ3) is 3.28. The number of alkyl halides is 4. The van der Waals surface area contributed by atoms with Crippen molar-refractivity contribution in [3.63, 3.8) is 0 Å². The van der Waals surface area contributed by atoms with Crippen molar-refractivity contribution in [1.29, 1.82) is 0 Å². The fraction of sp³-hybridized carbons (Fsp3) is 0.647. The van der Waals surface area contributed by atoms with Crippen molar-refractivity contribution in [2.24, 2.45) is 17.3 Å². The molecule has 2 aliphatic rings. The summed E-state index contributed by atoms with van der Waals surface area (Å²) in [5.41, 5.74) is -2.45. The lowest BCUT2D eigenvalue weighted by Crippen LogP contribution is -2.45. The van der Waals surface area contributed by atoms with Gasteiger partial charge < -0.3 is 0 Å². The predicted molar refractivity (Wildman–Crippen MR) is 76.6 cm³/mol. The van der Waals surface area contributed by atoms with Crippen LogP contribution in [0.25, 0.3) is 0 Å². The molecule has 0 bridgehead atoms. The molecule has 0 aromatic rings. The van der Waals surface area contributed by atoms with E-state index >= 15 is 0 Å². The third-order valence-corrected chi connectivity index (χ3v) is 4.78. The minimum absolute atomic E-state index is 0.174. The van der Waals surface area contributed by atoms with Gasteiger partial charge >= 0.3 is 6.18 Å². The summed E-state index contributed by atoms with van der Waals surface area (Å²) < 4.78 is 67.0. The van der Waals surface area contributed by atoms with Gasteiger partial charge in [-0.15, -0.1) is 0 Å². The molecule has 1 unspecified atom stereocenters. The molecule has 0 aromatic carbocycles. The molecule has 5 heteroatoms. The maximum atomic E-state index is 14.2. The van der Waals surface area contributed by atoms with Gasteiger partial charge in [0.15, 0.2) is 0 Å². The number of hydrogen-bond donors (Lipinski definition) is 0. The molecule has 0 spiro atoms. The average molecular weight is 320 g/mol. The molecule has 1 saturated carbocycles. The lowest BCUT2D eigenvalue weighted by molar-refractivity contribution is -0.219. The second kappa shape index (κ2) is 6.97. The summed E-state index contributed by atoms with van der Waals surface area (Å²) in [5, 5.41) is 0. The van der Waals surface area contributed by atoms with E-state index in [1.165, 1.54) is 6.08 Å². The molecule has 124 valence electrons. The van der Waals surface area contributed by atoms with Crippen LogP contribution in [0, 0.1) is 17.3 Å². The Labute approximate surface area is 127 Å². The van der Waals surface area contributed by atoms with Gasteiger partial charge in [-0.05, 0) is 56.4 Å². The number of hydrogen-bond acceptors (Lipinski definition) is 0. The highest BCUT2D eigenvalue weighted by Gasteiger charge is 2.61. The van der Waals surface area contributed by atoms with E-state index in [0.29, 0.717) is 32.1 Å². The van der Waals surface area contributed by atoms with Crippen LogP contribution >= 0.6 is 0 Å². The molecule has 0 heterocycles.